The molecular weight excluding hydrogens is 136 g/mol. The van der Waals surface area contributed by atoms with E-state index in [0.29, 0.717) is 11.5 Å². The summed E-state index contributed by atoms with van der Waals surface area (Å²) in [6, 6.07) is 0.630. The van der Waals surface area contributed by atoms with E-state index in [1.165, 1.54) is 19.3 Å². The molecule has 0 aromatic heterocycles. The first-order valence-corrected chi connectivity index (χ1v) is 4.59. The summed E-state index contributed by atoms with van der Waals surface area (Å²) in [5, 5.41) is 0. The molecule has 0 aromatic carbocycles. The molecule has 11 heavy (non-hydrogen) atoms. The predicted molar refractivity (Wildman–Crippen MR) is 48.2 cm³/mol. The van der Waals surface area contributed by atoms with Gasteiger partial charge >= 0.3 is 0 Å². The van der Waals surface area contributed by atoms with E-state index in [0.717, 1.165) is 6.54 Å². The molecule has 2 N–H and O–H groups in total. The molecule has 0 amide bonds. The van der Waals surface area contributed by atoms with Crippen molar-refractivity contribution in [2.75, 3.05) is 6.54 Å². The van der Waals surface area contributed by atoms with Crippen molar-refractivity contribution in [3.8, 4) is 0 Å². The number of hydrazine groups is 1. The molecular formula is C9H20N2. The summed E-state index contributed by atoms with van der Waals surface area (Å²) in [6.07, 6.45) is 3.96. The zero-order valence-corrected chi connectivity index (χ0v) is 7.91. The highest BCUT2D eigenvalue weighted by atomic mass is 15.4. The first-order chi connectivity index (χ1) is 5.11. The molecule has 0 saturated carbocycles. The zero-order valence-electron chi connectivity index (χ0n) is 7.91. The molecule has 2 nitrogen and oxygen atoms in total. The second-order valence-corrected chi connectivity index (χ2v) is 4.49. The predicted octanol–water partition coefficient (Wildman–Crippen LogP) is 1.68. The third kappa shape index (κ3) is 2.80. The Morgan fingerprint density at radius 3 is 2.55 bits per heavy atom. The molecule has 2 heteroatoms. The van der Waals surface area contributed by atoms with E-state index >= 15 is 0 Å². The molecule has 1 fully saturated rings. The SMILES string of the molecule is CC(C)(C)C1CCCCNN1. The fourth-order valence-electron chi connectivity index (χ4n) is 1.48. The average molecular weight is 156 g/mol. The molecule has 0 bridgehead atoms. The van der Waals surface area contributed by atoms with Gasteiger partial charge in [-0.15, -0.1) is 0 Å². The number of nitrogens with one attached hydrogen (secondary N) is 2. The Morgan fingerprint density at radius 1 is 1.18 bits per heavy atom. The maximum atomic E-state index is 3.37. The standard InChI is InChI=1S/C9H20N2/c1-9(2,3)8-6-4-5-7-10-11-8/h8,10-11H,4-7H2,1-3H3. The van der Waals surface area contributed by atoms with Crippen LogP contribution in [-0.4, -0.2) is 12.6 Å². The summed E-state index contributed by atoms with van der Waals surface area (Å²) >= 11 is 0. The number of rotatable bonds is 0. The highest BCUT2D eigenvalue weighted by molar-refractivity contribution is 4.80. The normalized spacial score (nSPS) is 28.1. The van der Waals surface area contributed by atoms with Gasteiger partial charge in [-0.25, -0.2) is 0 Å². The van der Waals surface area contributed by atoms with E-state index in [1.54, 1.807) is 0 Å². The van der Waals surface area contributed by atoms with E-state index in [9.17, 15) is 0 Å². The van der Waals surface area contributed by atoms with Crippen LogP contribution >= 0.6 is 0 Å². The quantitative estimate of drug-likeness (QED) is 0.557. The third-order valence-electron chi connectivity index (χ3n) is 2.37. The summed E-state index contributed by atoms with van der Waals surface area (Å²) in [4.78, 5) is 0. The van der Waals surface area contributed by atoms with Crippen LogP contribution in [0.1, 0.15) is 40.0 Å². The maximum absolute atomic E-state index is 3.37. The Kier molecular flexibility index (Phi) is 2.90. The van der Waals surface area contributed by atoms with Crippen molar-refractivity contribution in [2.45, 2.75) is 46.1 Å². The van der Waals surface area contributed by atoms with E-state index in [4.69, 9.17) is 0 Å². The van der Waals surface area contributed by atoms with Gasteiger partial charge in [0.05, 0.1) is 0 Å². The first kappa shape index (κ1) is 9.01. The zero-order chi connectivity index (χ0) is 8.32. The third-order valence-corrected chi connectivity index (χ3v) is 2.37. The molecule has 0 aromatic rings. The van der Waals surface area contributed by atoms with Crippen LogP contribution in [0.5, 0.6) is 0 Å². The number of hydrogen-bond acceptors (Lipinski definition) is 2. The molecule has 1 atom stereocenters. The van der Waals surface area contributed by atoms with E-state index < -0.39 is 0 Å². The number of hydrogen-bond donors (Lipinski definition) is 2. The molecule has 1 unspecified atom stereocenters. The van der Waals surface area contributed by atoms with Gasteiger partial charge in [0.25, 0.3) is 0 Å². The van der Waals surface area contributed by atoms with Crippen LogP contribution in [0.15, 0.2) is 0 Å². The van der Waals surface area contributed by atoms with Crippen LogP contribution in [0.4, 0.5) is 0 Å². The summed E-state index contributed by atoms with van der Waals surface area (Å²) in [7, 11) is 0. The molecule has 0 radical (unpaired) electrons. The Bertz CT molecular complexity index is 107. The lowest BCUT2D eigenvalue weighted by atomic mass is 9.84. The molecule has 1 aliphatic heterocycles. The van der Waals surface area contributed by atoms with Gasteiger partial charge in [0, 0.05) is 12.6 Å². The lowest BCUT2D eigenvalue weighted by molar-refractivity contribution is 0.243. The van der Waals surface area contributed by atoms with Crippen LogP contribution in [0, 0.1) is 5.41 Å². The second kappa shape index (κ2) is 3.55. The van der Waals surface area contributed by atoms with Crippen LogP contribution in [0.3, 0.4) is 0 Å². The van der Waals surface area contributed by atoms with Crippen LogP contribution < -0.4 is 10.9 Å². The van der Waals surface area contributed by atoms with Crippen molar-refractivity contribution in [1.29, 1.82) is 0 Å². The Balaban J connectivity index is 2.43. The van der Waals surface area contributed by atoms with Gasteiger partial charge in [-0.3, -0.25) is 10.9 Å². The highest BCUT2D eigenvalue weighted by Crippen LogP contribution is 2.23. The molecule has 1 rings (SSSR count). The van der Waals surface area contributed by atoms with Gasteiger partial charge in [-0.2, -0.15) is 0 Å². The summed E-state index contributed by atoms with van der Waals surface area (Å²) < 4.78 is 0. The maximum Gasteiger partial charge on any atom is 0.0261 e. The molecule has 66 valence electrons. The van der Waals surface area contributed by atoms with Crippen molar-refractivity contribution >= 4 is 0 Å². The Morgan fingerprint density at radius 2 is 1.91 bits per heavy atom. The largest absolute Gasteiger partial charge is 0.258 e. The summed E-state index contributed by atoms with van der Waals surface area (Å²) in [5.41, 5.74) is 7.01. The van der Waals surface area contributed by atoms with Gasteiger partial charge in [0.15, 0.2) is 0 Å². The van der Waals surface area contributed by atoms with Crippen LogP contribution in [-0.2, 0) is 0 Å². The lowest BCUT2D eigenvalue weighted by Gasteiger charge is -2.30. The molecule has 0 spiro atoms. The van der Waals surface area contributed by atoms with E-state index in [2.05, 4.69) is 31.6 Å². The smallest absolute Gasteiger partial charge is 0.0261 e. The minimum absolute atomic E-state index is 0.386. The molecule has 1 saturated heterocycles. The van der Waals surface area contributed by atoms with Gasteiger partial charge in [0.2, 0.25) is 0 Å². The fraction of sp³-hybridized carbons (Fsp3) is 1.00. The Hall–Kier alpha value is -0.0800. The first-order valence-electron chi connectivity index (χ1n) is 4.59. The molecule has 0 aliphatic carbocycles. The van der Waals surface area contributed by atoms with Crippen LogP contribution in [0.2, 0.25) is 0 Å². The minimum Gasteiger partial charge on any atom is -0.258 e. The van der Waals surface area contributed by atoms with Gasteiger partial charge in [-0.1, -0.05) is 27.2 Å². The van der Waals surface area contributed by atoms with Crippen molar-refractivity contribution in [3.63, 3.8) is 0 Å². The van der Waals surface area contributed by atoms with Crippen molar-refractivity contribution < 1.29 is 0 Å². The second-order valence-electron chi connectivity index (χ2n) is 4.49. The monoisotopic (exact) mass is 156 g/mol. The van der Waals surface area contributed by atoms with Gasteiger partial charge < -0.3 is 0 Å². The van der Waals surface area contributed by atoms with Gasteiger partial charge in [0.1, 0.15) is 0 Å². The van der Waals surface area contributed by atoms with E-state index in [-0.39, 0.29) is 0 Å². The van der Waals surface area contributed by atoms with Crippen molar-refractivity contribution in [2.24, 2.45) is 5.41 Å². The van der Waals surface area contributed by atoms with Crippen molar-refractivity contribution in [3.05, 3.63) is 0 Å². The lowest BCUT2D eigenvalue weighted by Crippen LogP contribution is -2.46. The van der Waals surface area contributed by atoms with E-state index in [1.807, 2.05) is 0 Å². The summed E-state index contributed by atoms with van der Waals surface area (Å²) in [6.45, 7) is 7.99. The topological polar surface area (TPSA) is 24.1 Å². The highest BCUT2D eigenvalue weighted by Gasteiger charge is 2.24. The average Bonchev–Trinajstić information content (AvgIpc) is 2.10. The fourth-order valence-corrected chi connectivity index (χ4v) is 1.48. The van der Waals surface area contributed by atoms with Crippen molar-refractivity contribution in [1.82, 2.24) is 10.9 Å². The van der Waals surface area contributed by atoms with Gasteiger partial charge in [-0.05, 0) is 18.3 Å². The minimum atomic E-state index is 0.386. The molecule has 1 aliphatic rings. The summed E-state index contributed by atoms with van der Waals surface area (Å²) in [5.74, 6) is 0. The molecule has 1 heterocycles. The van der Waals surface area contributed by atoms with Crippen LogP contribution in [0.25, 0.3) is 0 Å². The Labute approximate surface area is 69.7 Å².